The molecule has 2 N–H and O–H groups in total. The van der Waals surface area contributed by atoms with Crippen LogP contribution >= 0.6 is 0 Å². The van der Waals surface area contributed by atoms with Gasteiger partial charge in [0.1, 0.15) is 0 Å². The standard InChI is InChI=1S/C16H25N3O/c1-12(2)19(11-14-7-3-4-9-18-14)16(20)15-8-5-6-13(15)10-17/h3-4,7,9,12-13,15H,5-6,8,10-11,17H2,1-2H3. The monoisotopic (exact) mass is 275 g/mol. The van der Waals surface area contributed by atoms with Crippen molar-refractivity contribution in [2.45, 2.75) is 45.7 Å². The molecule has 1 heterocycles. The molecule has 1 fully saturated rings. The van der Waals surface area contributed by atoms with Crippen LogP contribution < -0.4 is 5.73 Å². The Bertz CT molecular complexity index is 433. The number of amides is 1. The molecular formula is C16H25N3O. The van der Waals surface area contributed by atoms with E-state index in [0.29, 0.717) is 19.0 Å². The molecule has 0 radical (unpaired) electrons. The van der Waals surface area contributed by atoms with E-state index in [1.807, 2.05) is 23.1 Å². The first kappa shape index (κ1) is 15.0. The van der Waals surface area contributed by atoms with Crippen molar-refractivity contribution in [2.24, 2.45) is 17.6 Å². The Hall–Kier alpha value is -1.42. The fourth-order valence-corrected chi connectivity index (χ4v) is 3.04. The van der Waals surface area contributed by atoms with Gasteiger partial charge < -0.3 is 10.6 Å². The summed E-state index contributed by atoms with van der Waals surface area (Å²) in [5, 5.41) is 0. The zero-order valence-corrected chi connectivity index (χ0v) is 12.5. The fourth-order valence-electron chi connectivity index (χ4n) is 3.04. The normalized spacial score (nSPS) is 22.2. The van der Waals surface area contributed by atoms with Gasteiger partial charge in [-0.25, -0.2) is 0 Å². The van der Waals surface area contributed by atoms with E-state index in [2.05, 4.69) is 18.8 Å². The van der Waals surface area contributed by atoms with Gasteiger partial charge in [0.15, 0.2) is 0 Å². The zero-order valence-electron chi connectivity index (χ0n) is 12.5. The molecular weight excluding hydrogens is 250 g/mol. The molecule has 0 aliphatic heterocycles. The van der Waals surface area contributed by atoms with E-state index >= 15 is 0 Å². The highest BCUT2D eigenvalue weighted by atomic mass is 16.2. The lowest BCUT2D eigenvalue weighted by molar-refractivity contribution is -0.139. The number of pyridine rings is 1. The molecule has 0 saturated heterocycles. The van der Waals surface area contributed by atoms with Gasteiger partial charge in [-0.05, 0) is 51.3 Å². The average Bonchev–Trinajstić information content (AvgIpc) is 2.93. The molecule has 1 amide bonds. The largest absolute Gasteiger partial charge is 0.334 e. The molecule has 1 saturated carbocycles. The first-order chi connectivity index (χ1) is 9.63. The number of aromatic nitrogens is 1. The number of nitrogens with two attached hydrogens (primary N) is 1. The molecule has 4 heteroatoms. The molecule has 1 aromatic heterocycles. The number of nitrogens with zero attached hydrogens (tertiary/aromatic N) is 2. The molecule has 2 atom stereocenters. The maximum absolute atomic E-state index is 12.8. The van der Waals surface area contributed by atoms with E-state index in [1.165, 1.54) is 0 Å². The average molecular weight is 275 g/mol. The van der Waals surface area contributed by atoms with Gasteiger partial charge in [-0.1, -0.05) is 12.5 Å². The molecule has 1 aliphatic carbocycles. The summed E-state index contributed by atoms with van der Waals surface area (Å²) in [7, 11) is 0. The third kappa shape index (κ3) is 3.37. The lowest BCUT2D eigenvalue weighted by atomic mass is 9.94. The van der Waals surface area contributed by atoms with Crippen molar-refractivity contribution < 1.29 is 4.79 Å². The summed E-state index contributed by atoms with van der Waals surface area (Å²) in [6.45, 7) is 5.33. The predicted molar refractivity (Wildman–Crippen MR) is 79.8 cm³/mol. The third-order valence-corrected chi connectivity index (χ3v) is 4.24. The highest BCUT2D eigenvalue weighted by Gasteiger charge is 2.35. The third-order valence-electron chi connectivity index (χ3n) is 4.24. The van der Waals surface area contributed by atoms with Gasteiger partial charge in [0.05, 0.1) is 12.2 Å². The van der Waals surface area contributed by atoms with Crippen LogP contribution in [0.25, 0.3) is 0 Å². The molecule has 4 nitrogen and oxygen atoms in total. The minimum absolute atomic E-state index is 0.103. The van der Waals surface area contributed by atoms with Gasteiger partial charge >= 0.3 is 0 Å². The molecule has 20 heavy (non-hydrogen) atoms. The van der Waals surface area contributed by atoms with Crippen LogP contribution in [0.15, 0.2) is 24.4 Å². The lowest BCUT2D eigenvalue weighted by Crippen LogP contribution is -2.42. The van der Waals surface area contributed by atoms with E-state index < -0.39 is 0 Å². The molecule has 0 aromatic carbocycles. The van der Waals surface area contributed by atoms with E-state index in [0.717, 1.165) is 25.0 Å². The summed E-state index contributed by atoms with van der Waals surface area (Å²) in [5.74, 6) is 0.706. The van der Waals surface area contributed by atoms with Gasteiger partial charge in [0.25, 0.3) is 0 Å². The minimum Gasteiger partial charge on any atom is -0.334 e. The summed E-state index contributed by atoms with van der Waals surface area (Å²) < 4.78 is 0. The summed E-state index contributed by atoms with van der Waals surface area (Å²) in [6, 6.07) is 6.01. The Balaban J connectivity index is 2.10. The Morgan fingerprint density at radius 2 is 2.25 bits per heavy atom. The van der Waals surface area contributed by atoms with Crippen LogP contribution in [-0.4, -0.2) is 28.4 Å². The highest BCUT2D eigenvalue weighted by Crippen LogP contribution is 2.33. The lowest BCUT2D eigenvalue weighted by Gasteiger charge is -2.31. The summed E-state index contributed by atoms with van der Waals surface area (Å²) in [4.78, 5) is 19.1. The van der Waals surface area contributed by atoms with Crippen molar-refractivity contribution in [1.82, 2.24) is 9.88 Å². The second-order valence-corrected chi connectivity index (χ2v) is 5.91. The SMILES string of the molecule is CC(C)N(Cc1ccccn1)C(=O)C1CCCC1CN. The first-order valence-electron chi connectivity index (χ1n) is 7.54. The Kier molecular flexibility index (Phi) is 5.12. The Labute approximate surface area is 121 Å². The van der Waals surface area contributed by atoms with E-state index in [1.54, 1.807) is 6.20 Å². The number of carbonyl (C=O) groups excluding carboxylic acids is 1. The van der Waals surface area contributed by atoms with E-state index in [-0.39, 0.29) is 17.9 Å². The van der Waals surface area contributed by atoms with Gasteiger partial charge in [-0.3, -0.25) is 9.78 Å². The smallest absolute Gasteiger partial charge is 0.226 e. The van der Waals surface area contributed by atoms with Crippen LogP contribution in [0.1, 0.15) is 38.8 Å². The van der Waals surface area contributed by atoms with Crippen molar-refractivity contribution in [2.75, 3.05) is 6.54 Å². The molecule has 0 bridgehead atoms. The highest BCUT2D eigenvalue weighted by molar-refractivity contribution is 5.79. The number of hydrogen-bond acceptors (Lipinski definition) is 3. The topological polar surface area (TPSA) is 59.2 Å². The molecule has 1 aromatic rings. The summed E-state index contributed by atoms with van der Waals surface area (Å²) >= 11 is 0. The van der Waals surface area contributed by atoms with Crippen LogP contribution in [0.2, 0.25) is 0 Å². The van der Waals surface area contributed by atoms with E-state index in [9.17, 15) is 4.79 Å². The van der Waals surface area contributed by atoms with Crippen molar-refractivity contribution >= 4 is 5.91 Å². The van der Waals surface area contributed by atoms with Crippen molar-refractivity contribution in [3.05, 3.63) is 30.1 Å². The zero-order chi connectivity index (χ0) is 14.5. The summed E-state index contributed by atoms with van der Waals surface area (Å²) in [5.41, 5.74) is 6.75. The quantitative estimate of drug-likeness (QED) is 0.896. The maximum Gasteiger partial charge on any atom is 0.226 e. The van der Waals surface area contributed by atoms with Crippen molar-refractivity contribution in [1.29, 1.82) is 0 Å². The van der Waals surface area contributed by atoms with Crippen LogP contribution in [0.5, 0.6) is 0 Å². The van der Waals surface area contributed by atoms with Gasteiger partial charge in [0.2, 0.25) is 5.91 Å². The fraction of sp³-hybridized carbons (Fsp3) is 0.625. The second kappa shape index (κ2) is 6.84. The summed E-state index contributed by atoms with van der Waals surface area (Å²) in [6.07, 6.45) is 4.96. The number of hydrogen-bond donors (Lipinski definition) is 1. The van der Waals surface area contributed by atoms with Gasteiger partial charge in [-0.2, -0.15) is 0 Å². The molecule has 2 unspecified atom stereocenters. The minimum atomic E-state index is 0.103. The Morgan fingerprint density at radius 1 is 1.45 bits per heavy atom. The molecule has 1 aliphatic rings. The van der Waals surface area contributed by atoms with Gasteiger partial charge in [0, 0.05) is 18.2 Å². The van der Waals surface area contributed by atoms with Gasteiger partial charge in [-0.15, -0.1) is 0 Å². The maximum atomic E-state index is 12.8. The van der Waals surface area contributed by atoms with Crippen LogP contribution in [-0.2, 0) is 11.3 Å². The van der Waals surface area contributed by atoms with Crippen LogP contribution in [0.4, 0.5) is 0 Å². The Morgan fingerprint density at radius 3 is 2.85 bits per heavy atom. The first-order valence-corrected chi connectivity index (χ1v) is 7.54. The van der Waals surface area contributed by atoms with Crippen molar-refractivity contribution in [3.63, 3.8) is 0 Å². The van der Waals surface area contributed by atoms with Crippen LogP contribution in [0, 0.1) is 11.8 Å². The number of carbonyl (C=O) groups is 1. The van der Waals surface area contributed by atoms with Crippen molar-refractivity contribution in [3.8, 4) is 0 Å². The van der Waals surface area contributed by atoms with E-state index in [4.69, 9.17) is 5.73 Å². The predicted octanol–water partition coefficient (Wildman–Crippen LogP) is 2.19. The molecule has 0 spiro atoms. The molecule has 2 rings (SSSR count). The molecule has 110 valence electrons. The number of rotatable bonds is 5. The van der Waals surface area contributed by atoms with Crippen LogP contribution in [0.3, 0.4) is 0 Å². The second-order valence-electron chi connectivity index (χ2n) is 5.91.